The fourth-order valence-electron chi connectivity index (χ4n) is 10.2. The van der Waals surface area contributed by atoms with Crippen LogP contribution in [-0.2, 0) is 88.6 Å². The summed E-state index contributed by atoms with van der Waals surface area (Å²) < 4.78 is 19.8. The van der Waals surface area contributed by atoms with Crippen LogP contribution in [0.3, 0.4) is 0 Å². The first-order valence-corrected chi connectivity index (χ1v) is 38.9. The molecular formula is C78H150O8S5Sn2. The van der Waals surface area contributed by atoms with Crippen molar-refractivity contribution in [3.05, 3.63) is 50.6 Å². The van der Waals surface area contributed by atoms with E-state index in [4.69, 9.17) is 69.5 Å². The van der Waals surface area contributed by atoms with Crippen molar-refractivity contribution in [3.63, 3.8) is 0 Å². The zero-order valence-corrected chi connectivity index (χ0v) is 68.8. The van der Waals surface area contributed by atoms with Gasteiger partial charge in [0.2, 0.25) is 0 Å². The number of hydrogen-bond acceptors (Lipinski definition) is 12. The van der Waals surface area contributed by atoms with E-state index in [-0.39, 0.29) is 100 Å². The molecule has 0 rings (SSSR count). The van der Waals surface area contributed by atoms with Crippen LogP contribution in [0, 0.1) is 0 Å². The van der Waals surface area contributed by atoms with Gasteiger partial charge in [-0.25, -0.2) is 0 Å². The second-order valence-corrected chi connectivity index (χ2v) is 25.6. The van der Waals surface area contributed by atoms with Crippen LogP contribution in [0.5, 0.6) is 0 Å². The fourth-order valence-corrected chi connectivity index (χ4v) is 10.5. The second-order valence-electron chi connectivity index (χ2n) is 24.0. The minimum absolute atomic E-state index is 0. The SMILES string of the molecule is C.C.C=CCCCCCCCCCCCCCCC(=O)OCC[S-].C=CCCCCCCCCCCCCCCC(=O)OCC[S-].C=CCCCCCCCCCCCCCCC(=O)OCC[S-].C=CCCCCCCCCCCCCCCC(=O)OCC[S-].S.[Sn+2].[Sn+2]. The Bertz CT molecular complexity index is 1240. The summed E-state index contributed by atoms with van der Waals surface area (Å²) in [7, 11) is 0. The average Bonchev–Trinajstić information content (AvgIpc) is 3.56. The van der Waals surface area contributed by atoms with Crippen LogP contribution < -0.4 is 0 Å². The summed E-state index contributed by atoms with van der Waals surface area (Å²) in [6.07, 6.45) is 77.4. The first-order chi connectivity index (χ1) is 43.2. The Kier molecular flexibility index (Phi) is 130. The smallest absolute Gasteiger partial charge is 0.789 e. The summed E-state index contributed by atoms with van der Waals surface area (Å²) in [5.74, 6) is 1.66. The normalized spacial score (nSPS) is 10.0. The molecule has 0 spiro atoms. The topological polar surface area (TPSA) is 105 Å². The Hall–Kier alpha value is 0.187. The number of allylic oxidation sites excluding steroid dienone is 4. The predicted molar refractivity (Wildman–Crippen MR) is 427 cm³/mol. The van der Waals surface area contributed by atoms with Gasteiger partial charge in [-0.15, -0.1) is 49.3 Å². The van der Waals surface area contributed by atoms with E-state index in [1.165, 1.54) is 283 Å². The van der Waals surface area contributed by atoms with Crippen LogP contribution in [0.25, 0.3) is 0 Å². The molecule has 0 aromatic heterocycles. The van der Waals surface area contributed by atoms with Gasteiger partial charge in [-0.1, -0.05) is 296 Å². The van der Waals surface area contributed by atoms with Crippen LogP contribution in [0.1, 0.15) is 374 Å². The standard InChI is InChI=1S/4C19H36O2S.2CH4.H2S.2Sn/c4*1-2-3-4-5-6-7-8-9-10-11-12-13-14-15-16-19(20)21-17-18-22;;;;;/h4*2,22H,1,3-18H2;2*1H4;1H2;;/q;;;;;;;2*+2/p-4. The maximum atomic E-state index is 11.2. The number of hydrogen-bond donors (Lipinski definition) is 0. The van der Waals surface area contributed by atoms with E-state index in [9.17, 15) is 19.2 Å². The molecule has 0 heterocycles. The van der Waals surface area contributed by atoms with Gasteiger partial charge in [0.25, 0.3) is 0 Å². The summed E-state index contributed by atoms with van der Waals surface area (Å²) >= 11 is 18.9. The van der Waals surface area contributed by atoms with Crippen molar-refractivity contribution in [2.75, 3.05) is 49.4 Å². The summed E-state index contributed by atoms with van der Waals surface area (Å²) in [6, 6.07) is 0. The first kappa shape index (κ1) is 112. The molecule has 0 aromatic rings. The van der Waals surface area contributed by atoms with Gasteiger partial charge in [-0.05, 0) is 77.0 Å². The van der Waals surface area contributed by atoms with Gasteiger partial charge in [-0.2, -0.15) is 13.5 Å². The molecule has 0 aliphatic carbocycles. The first-order valence-electron chi connectivity index (χ1n) is 36.6. The maximum Gasteiger partial charge on any atom is 2.00 e. The van der Waals surface area contributed by atoms with E-state index in [1.54, 1.807) is 0 Å². The number of unbranched alkanes of at least 4 members (excludes halogenated alkanes) is 48. The molecule has 0 saturated heterocycles. The molecule has 8 nitrogen and oxygen atoms in total. The molecule has 0 atom stereocenters. The summed E-state index contributed by atoms with van der Waals surface area (Å²) in [5.41, 5.74) is 0. The minimum atomic E-state index is -0.0852. The third-order valence-corrected chi connectivity index (χ3v) is 16.2. The Morgan fingerprint density at radius 2 is 0.333 bits per heavy atom. The van der Waals surface area contributed by atoms with Crippen molar-refractivity contribution in [3.8, 4) is 0 Å². The van der Waals surface area contributed by atoms with Gasteiger partial charge in [0, 0.05) is 25.7 Å². The zero-order chi connectivity index (χ0) is 65.2. The number of carbonyl (C=O) groups excluding carboxylic acids is 4. The van der Waals surface area contributed by atoms with E-state index in [0.29, 0.717) is 75.1 Å². The third-order valence-electron chi connectivity index (χ3n) is 15.5. The van der Waals surface area contributed by atoms with E-state index >= 15 is 0 Å². The summed E-state index contributed by atoms with van der Waals surface area (Å²) in [4.78, 5) is 45.0. The second kappa shape index (κ2) is 108. The van der Waals surface area contributed by atoms with Crippen molar-refractivity contribution in [1.29, 1.82) is 0 Å². The third kappa shape index (κ3) is 117. The molecule has 15 heteroatoms. The molecule has 548 valence electrons. The monoisotopic (exact) mass is 1610 g/mol. The van der Waals surface area contributed by atoms with Gasteiger partial charge in [0.1, 0.15) is 0 Å². The van der Waals surface area contributed by atoms with Gasteiger partial charge in [0.15, 0.2) is 0 Å². The quantitative estimate of drug-likeness (QED) is 0.0145. The van der Waals surface area contributed by atoms with E-state index in [1.807, 2.05) is 24.3 Å². The van der Waals surface area contributed by atoms with Gasteiger partial charge >= 0.3 is 71.7 Å². The van der Waals surface area contributed by atoms with Crippen molar-refractivity contribution >= 4 is 136 Å². The number of carbonyl (C=O) groups is 4. The molecule has 0 aromatic carbocycles. The van der Waals surface area contributed by atoms with Crippen LogP contribution in [0.2, 0.25) is 0 Å². The van der Waals surface area contributed by atoms with Crippen LogP contribution >= 0.6 is 13.5 Å². The molecule has 0 bridgehead atoms. The van der Waals surface area contributed by atoms with E-state index < -0.39 is 0 Å². The van der Waals surface area contributed by atoms with Gasteiger partial charge in [-0.3, -0.25) is 19.2 Å². The molecule has 0 aliphatic heterocycles. The van der Waals surface area contributed by atoms with Crippen LogP contribution in [-0.4, -0.2) is 121 Å². The van der Waals surface area contributed by atoms with Gasteiger partial charge in [0.05, 0.1) is 26.4 Å². The minimum Gasteiger partial charge on any atom is -0.789 e. The fraction of sp³-hybridized carbons (Fsp3) is 0.846. The Morgan fingerprint density at radius 1 is 0.226 bits per heavy atom. The molecular weight excluding hydrogens is 1460 g/mol. The largest absolute Gasteiger partial charge is 2.00 e. The summed E-state index contributed by atoms with van der Waals surface area (Å²) in [6.45, 7) is 16.6. The maximum absolute atomic E-state index is 11.2. The number of rotatable bonds is 68. The van der Waals surface area contributed by atoms with Crippen molar-refractivity contribution in [2.24, 2.45) is 0 Å². The molecule has 4 radical (unpaired) electrons. The number of ether oxygens (including phenoxy) is 4. The summed E-state index contributed by atoms with van der Waals surface area (Å²) in [5, 5.41) is 0. The Balaban J connectivity index is -0.000000142. The number of esters is 4. The molecule has 0 aliphatic rings. The van der Waals surface area contributed by atoms with Gasteiger partial charge < -0.3 is 69.5 Å². The van der Waals surface area contributed by atoms with Crippen LogP contribution in [0.15, 0.2) is 50.6 Å². The Labute approximate surface area is 642 Å². The molecule has 0 fully saturated rings. The van der Waals surface area contributed by atoms with Crippen molar-refractivity contribution < 1.29 is 38.1 Å². The van der Waals surface area contributed by atoms with Crippen molar-refractivity contribution in [1.82, 2.24) is 0 Å². The predicted octanol–water partition coefficient (Wildman–Crippen LogP) is 23.5. The van der Waals surface area contributed by atoms with Crippen LogP contribution in [0.4, 0.5) is 0 Å². The van der Waals surface area contributed by atoms with E-state index in [2.05, 4.69) is 26.3 Å². The molecule has 93 heavy (non-hydrogen) atoms. The molecule has 0 saturated carbocycles. The van der Waals surface area contributed by atoms with Crippen molar-refractivity contribution in [2.45, 2.75) is 374 Å². The molecule has 0 amide bonds. The average molecular weight is 1610 g/mol. The Morgan fingerprint density at radius 3 is 0.441 bits per heavy atom. The van der Waals surface area contributed by atoms with E-state index in [0.717, 1.165) is 51.4 Å². The molecule has 0 N–H and O–H groups in total. The zero-order valence-electron chi connectivity index (χ0n) is 58.8. The molecule has 0 unspecified atom stereocenters.